The predicted octanol–water partition coefficient (Wildman–Crippen LogP) is 2.34. The third-order valence-corrected chi connectivity index (χ3v) is 2.86. The van der Waals surface area contributed by atoms with Gasteiger partial charge in [-0.1, -0.05) is 18.2 Å². The van der Waals surface area contributed by atoms with Crippen molar-refractivity contribution in [2.45, 2.75) is 33.2 Å². The van der Waals surface area contributed by atoms with Crippen molar-refractivity contribution in [3.05, 3.63) is 41.5 Å². The van der Waals surface area contributed by atoms with E-state index in [1.54, 1.807) is 0 Å². The zero-order chi connectivity index (χ0) is 12.4. The normalized spacial score (nSPS) is 11.1. The Bertz CT molecular complexity index is 514. The van der Waals surface area contributed by atoms with Crippen molar-refractivity contribution in [3.8, 4) is 0 Å². The number of rotatable bonds is 3. The summed E-state index contributed by atoms with van der Waals surface area (Å²) in [5, 5.41) is 8.37. The third kappa shape index (κ3) is 2.30. The van der Waals surface area contributed by atoms with Crippen molar-refractivity contribution in [1.29, 1.82) is 0 Å². The van der Waals surface area contributed by atoms with Crippen LogP contribution >= 0.6 is 0 Å². The molecular formula is C13H18N4. The lowest BCUT2D eigenvalue weighted by Gasteiger charge is -2.12. The average Bonchev–Trinajstić information content (AvgIpc) is 2.63. The molecule has 2 N–H and O–H groups in total. The van der Waals surface area contributed by atoms with E-state index in [1.807, 2.05) is 31.2 Å². The number of nitrogens with zero attached hydrogens (tertiary/aromatic N) is 3. The lowest BCUT2D eigenvalue weighted by atomic mass is 10.1. The third-order valence-electron chi connectivity index (χ3n) is 2.86. The van der Waals surface area contributed by atoms with E-state index in [0.717, 1.165) is 29.3 Å². The number of benzene rings is 1. The summed E-state index contributed by atoms with van der Waals surface area (Å²) < 4.78 is 2.15. The number of hydrogen-bond acceptors (Lipinski definition) is 3. The molecule has 2 aromatic rings. The first-order valence-electron chi connectivity index (χ1n) is 5.83. The molecule has 1 heterocycles. The second-order valence-electron chi connectivity index (χ2n) is 4.50. The molecule has 2 rings (SSSR count). The van der Waals surface area contributed by atoms with Crippen molar-refractivity contribution in [2.75, 3.05) is 5.73 Å². The minimum atomic E-state index is 0.366. The highest BCUT2D eigenvalue weighted by molar-refractivity contribution is 5.47. The van der Waals surface area contributed by atoms with Crippen molar-refractivity contribution >= 4 is 5.69 Å². The zero-order valence-electron chi connectivity index (χ0n) is 10.5. The molecular weight excluding hydrogens is 212 g/mol. The number of nitrogen functional groups attached to an aromatic ring is 1. The maximum atomic E-state index is 5.94. The van der Waals surface area contributed by atoms with Gasteiger partial charge in [0.2, 0.25) is 0 Å². The van der Waals surface area contributed by atoms with Gasteiger partial charge in [-0.2, -0.15) is 0 Å². The maximum Gasteiger partial charge on any atom is 0.137 e. The summed E-state index contributed by atoms with van der Waals surface area (Å²) in [5.74, 6) is 1.92. The summed E-state index contributed by atoms with van der Waals surface area (Å²) in [6.45, 7) is 6.24. The highest BCUT2D eigenvalue weighted by atomic mass is 15.3. The lowest BCUT2D eigenvalue weighted by molar-refractivity contribution is 0.560. The van der Waals surface area contributed by atoms with Crippen molar-refractivity contribution in [3.63, 3.8) is 0 Å². The Balaban J connectivity index is 2.34. The molecule has 0 fully saturated rings. The van der Waals surface area contributed by atoms with Crippen molar-refractivity contribution in [1.82, 2.24) is 14.8 Å². The average molecular weight is 230 g/mol. The van der Waals surface area contributed by atoms with E-state index in [2.05, 4.69) is 28.6 Å². The molecule has 0 bridgehead atoms. The van der Waals surface area contributed by atoms with E-state index >= 15 is 0 Å². The molecule has 17 heavy (non-hydrogen) atoms. The molecule has 4 heteroatoms. The number of para-hydroxylation sites is 1. The summed E-state index contributed by atoms with van der Waals surface area (Å²) >= 11 is 0. The fourth-order valence-electron chi connectivity index (χ4n) is 2.07. The van der Waals surface area contributed by atoms with Gasteiger partial charge in [0.05, 0.1) is 0 Å². The van der Waals surface area contributed by atoms with E-state index < -0.39 is 0 Å². The first kappa shape index (κ1) is 11.6. The van der Waals surface area contributed by atoms with Crippen LogP contribution in [-0.2, 0) is 6.42 Å². The smallest absolute Gasteiger partial charge is 0.137 e. The van der Waals surface area contributed by atoms with E-state index in [-0.39, 0.29) is 0 Å². The molecule has 0 saturated carbocycles. The molecule has 0 amide bonds. The Morgan fingerprint density at radius 1 is 1.24 bits per heavy atom. The van der Waals surface area contributed by atoms with Gasteiger partial charge in [0.25, 0.3) is 0 Å². The highest BCUT2D eigenvalue weighted by Gasteiger charge is 2.12. The molecule has 4 nitrogen and oxygen atoms in total. The summed E-state index contributed by atoms with van der Waals surface area (Å²) in [5.41, 5.74) is 7.85. The van der Waals surface area contributed by atoms with Gasteiger partial charge in [0, 0.05) is 18.2 Å². The Kier molecular flexibility index (Phi) is 3.13. The van der Waals surface area contributed by atoms with Gasteiger partial charge in [0.1, 0.15) is 11.6 Å². The van der Waals surface area contributed by atoms with Crippen LogP contribution in [0.5, 0.6) is 0 Å². The van der Waals surface area contributed by atoms with Crippen LogP contribution in [0.3, 0.4) is 0 Å². The molecule has 0 spiro atoms. The van der Waals surface area contributed by atoms with Gasteiger partial charge >= 0.3 is 0 Å². The van der Waals surface area contributed by atoms with Gasteiger partial charge in [-0.15, -0.1) is 10.2 Å². The fraction of sp³-hybridized carbons (Fsp3) is 0.385. The second-order valence-corrected chi connectivity index (χ2v) is 4.50. The van der Waals surface area contributed by atoms with Gasteiger partial charge in [-0.3, -0.25) is 0 Å². The van der Waals surface area contributed by atoms with Crippen LogP contribution in [0.4, 0.5) is 5.69 Å². The van der Waals surface area contributed by atoms with Crippen LogP contribution in [0.2, 0.25) is 0 Å². The molecule has 1 aromatic heterocycles. The summed E-state index contributed by atoms with van der Waals surface area (Å²) in [6.07, 6.45) is 0.728. The monoisotopic (exact) mass is 230 g/mol. The van der Waals surface area contributed by atoms with Crippen LogP contribution < -0.4 is 5.73 Å². The fourth-order valence-corrected chi connectivity index (χ4v) is 2.07. The van der Waals surface area contributed by atoms with Crippen molar-refractivity contribution < 1.29 is 0 Å². The zero-order valence-corrected chi connectivity index (χ0v) is 10.5. The largest absolute Gasteiger partial charge is 0.398 e. The summed E-state index contributed by atoms with van der Waals surface area (Å²) in [4.78, 5) is 0. The summed E-state index contributed by atoms with van der Waals surface area (Å²) in [7, 11) is 0. The number of hydrogen-bond donors (Lipinski definition) is 1. The summed E-state index contributed by atoms with van der Waals surface area (Å²) in [6, 6.07) is 8.25. The van der Waals surface area contributed by atoms with Crippen molar-refractivity contribution in [2.24, 2.45) is 0 Å². The quantitative estimate of drug-likeness (QED) is 0.823. The molecule has 90 valence electrons. The highest BCUT2D eigenvalue weighted by Crippen LogP contribution is 2.18. The van der Waals surface area contributed by atoms with Crippen LogP contribution in [0.15, 0.2) is 24.3 Å². The van der Waals surface area contributed by atoms with Gasteiger partial charge in [-0.25, -0.2) is 0 Å². The minimum absolute atomic E-state index is 0.366. The number of aromatic nitrogens is 3. The Morgan fingerprint density at radius 3 is 2.59 bits per heavy atom. The van der Waals surface area contributed by atoms with E-state index in [0.29, 0.717) is 6.04 Å². The van der Waals surface area contributed by atoms with Gasteiger partial charge in [-0.05, 0) is 32.4 Å². The van der Waals surface area contributed by atoms with E-state index in [4.69, 9.17) is 5.73 Å². The van der Waals surface area contributed by atoms with Crippen LogP contribution in [0.25, 0.3) is 0 Å². The maximum absolute atomic E-state index is 5.94. The van der Waals surface area contributed by atoms with Crippen LogP contribution in [-0.4, -0.2) is 14.8 Å². The van der Waals surface area contributed by atoms with Crippen LogP contribution in [0, 0.1) is 6.92 Å². The molecule has 0 atom stereocenters. The molecule has 0 aliphatic heterocycles. The molecule has 0 saturated heterocycles. The van der Waals surface area contributed by atoms with E-state index in [9.17, 15) is 0 Å². The van der Waals surface area contributed by atoms with Gasteiger partial charge < -0.3 is 10.3 Å². The first-order chi connectivity index (χ1) is 8.09. The molecule has 0 aliphatic carbocycles. The van der Waals surface area contributed by atoms with Crippen LogP contribution in [0.1, 0.15) is 37.1 Å². The molecule has 0 unspecified atom stereocenters. The molecule has 1 aromatic carbocycles. The predicted molar refractivity (Wildman–Crippen MR) is 68.8 cm³/mol. The first-order valence-corrected chi connectivity index (χ1v) is 5.83. The Hall–Kier alpha value is -1.84. The topological polar surface area (TPSA) is 56.7 Å². The lowest BCUT2D eigenvalue weighted by Crippen LogP contribution is -2.09. The van der Waals surface area contributed by atoms with E-state index in [1.165, 1.54) is 0 Å². The number of nitrogens with two attached hydrogens (primary N) is 1. The number of aryl methyl sites for hydroxylation is 1. The second kappa shape index (κ2) is 4.57. The standard InChI is InChI=1S/C13H18N4/c1-9(2)17-10(3)15-16-13(17)8-11-6-4-5-7-12(11)14/h4-7,9H,8,14H2,1-3H3. The Labute approximate surface area is 101 Å². The Morgan fingerprint density at radius 2 is 1.94 bits per heavy atom. The SMILES string of the molecule is Cc1nnc(Cc2ccccc2N)n1C(C)C. The number of anilines is 1. The molecule has 0 radical (unpaired) electrons. The minimum Gasteiger partial charge on any atom is -0.398 e. The molecule has 0 aliphatic rings. The van der Waals surface area contributed by atoms with Gasteiger partial charge in [0.15, 0.2) is 0 Å².